The van der Waals surface area contributed by atoms with Gasteiger partial charge in [0.1, 0.15) is 17.1 Å². The molecule has 144 valence electrons. The Kier molecular flexibility index (Phi) is 5.26. The molecule has 1 heterocycles. The highest BCUT2D eigenvalue weighted by Gasteiger charge is 2.15. The van der Waals surface area contributed by atoms with Crippen LogP contribution in [0, 0.1) is 6.92 Å². The maximum atomic E-state index is 13.0. The fraction of sp³-hybridized carbons (Fsp3) is 0.0435. The Labute approximate surface area is 179 Å². The molecule has 0 radical (unpaired) electrons. The lowest BCUT2D eigenvalue weighted by Crippen LogP contribution is -2.10. The van der Waals surface area contributed by atoms with Crippen LogP contribution in [0.1, 0.15) is 16.1 Å². The van der Waals surface area contributed by atoms with E-state index < -0.39 is 5.97 Å². The standard InChI is InChI=1S/C23H14BrClO4/c1-13-21(14-4-8-17(25)9-5-14)22(26)19-11-10-18(12-20(19)28-13)29-23(27)15-2-6-16(24)7-3-15/h2-12H,1H3. The van der Waals surface area contributed by atoms with Gasteiger partial charge in [0.2, 0.25) is 5.43 Å². The fourth-order valence-corrected chi connectivity index (χ4v) is 3.44. The average Bonchev–Trinajstić information content (AvgIpc) is 2.69. The first-order chi connectivity index (χ1) is 13.9. The van der Waals surface area contributed by atoms with Gasteiger partial charge < -0.3 is 9.15 Å². The van der Waals surface area contributed by atoms with Crippen LogP contribution in [0.5, 0.6) is 5.75 Å². The molecule has 4 rings (SSSR count). The molecule has 1 aromatic heterocycles. The Bertz CT molecular complexity index is 1280. The number of esters is 1. The number of rotatable bonds is 3. The summed E-state index contributed by atoms with van der Waals surface area (Å²) in [6.07, 6.45) is 0. The van der Waals surface area contributed by atoms with Gasteiger partial charge in [0.25, 0.3) is 0 Å². The van der Waals surface area contributed by atoms with E-state index in [4.69, 9.17) is 20.8 Å². The average molecular weight is 470 g/mol. The van der Waals surface area contributed by atoms with Crippen LogP contribution < -0.4 is 10.2 Å². The van der Waals surface area contributed by atoms with E-state index in [-0.39, 0.29) is 5.43 Å². The van der Waals surface area contributed by atoms with Crippen molar-refractivity contribution in [1.82, 2.24) is 0 Å². The molecule has 0 atom stereocenters. The molecule has 0 spiro atoms. The highest BCUT2D eigenvalue weighted by atomic mass is 79.9. The zero-order valence-electron chi connectivity index (χ0n) is 15.2. The summed E-state index contributed by atoms with van der Waals surface area (Å²) in [4.78, 5) is 25.3. The monoisotopic (exact) mass is 468 g/mol. The second kappa shape index (κ2) is 7.85. The van der Waals surface area contributed by atoms with Gasteiger partial charge in [0.15, 0.2) is 0 Å². The quantitative estimate of drug-likeness (QED) is 0.257. The molecule has 0 aliphatic heterocycles. The number of fused-ring (bicyclic) bond motifs is 1. The van der Waals surface area contributed by atoms with Crippen LogP contribution in [0.3, 0.4) is 0 Å². The molecule has 0 amide bonds. The summed E-state index contributed by atoms with van der Waals surface area (Å²) >= 11 is 9.27. The molecule has 4 nitrogen and oxygen atoms in total. The van der Waals surface area contributed by atoms with Crippen LogP contribution in [-0.2, 0) is 0 Å². The van der Waals surface area contributed by atoms with Crippen molar-refractivity contribution >= 4 is 44.5 Å². The van der Waals surface area contributed by atoms with Crippen LogP contribution in [0.4, 0.5) is 0 Å². The van der Waals surface area contributed by atoms with Gasteiger partial charge in [-0.25, -0.2) is 4.79 Å². The summed E-state index contributed by atoms with van der Waals surface area (Å²) in [6.45, 7) is 1.73. The van der Waals surface area contributed by atoms with Crippen molar-refractivity contribution in [3.8, 4) is 16.9 Å². The molecule has 3 aromatic carbocycles. The molecular formula is C23H14BrClO4. The normalized spacial score (nSPS) is 10.9. The van der Waals surface area contributed by atoms with E-state index in [1.54, 1.807) is 73.7 Å². The zero-order chi connectivity index (χ0) is 20.5. The molecular weight excluding hydrogens is 456 g/mol. The number of ether oxygens (including phenoxy) is 1. The third kappa shape index (κ3) is 3.97. The number of carbonyl (C=O) groups is 1. The van der Waals surface area contributed by atoms with Crippen LogP contribution in [0.15, 0.2) is 80.4 Å². The van der Waals surface area contributed by atoms with Crippen molar-refractivity contribution in [2.75, 3.05) is 0 Å². The lowest BCUT2D eigenvalue weighted by molar-refractivity contribution is 0.0735. The Balaban J connectivity index is 1.71. The second-order valence-electron chi connectivity index (χ2n) is 6.42. The van der Waals surface area contributed by atoms with Crippen molar-refractivity contribution in [2.24, 2.45) is 0 Å². The number of hydrogen-bond acceptors (Lipinski definition) is 4. The van der Waals surface area contributed by atoms with Gasteiger partial charge in [-0.3, -0.25) is 4.79 Å². The van der Waals surface area contributed by atoms with Gasteiger partial charge in [-0.05, 0) is 61.0 Å². The molecule has 0 aliphatic rings. The molecule has 0 aliphatic carbocycles. The van der Waals surface area contributed by atoms with E-state index in [9.17, 15) is 9.59 Å². The van der Waals surface area contributed by atoms with E-state index >= 15 is 0 Å². The van der Waals surface area contributed by atoms with Gasteiger partial charge >= 0.3 is 5.97 Å². The summed E-state index contributed by atoms with van der Waals surface area (Å²) in [5.74, 6) is 0.280. The Morgan fingerprint density at radius 1 is 1.00 bits per heavy atom. The first-order valence-electron chi connectivity index (χ1n) is 8.73. The van der Waals surface area contributed by atoms with Crippen molar-refractivity contribution in [2.45, 2.75) is 6.92 Å². The van der Waals surface area contributed by atoms with Crippen molar-refractivity contribution in [1.29, 1.82) is 0 Å². The van der Waals surface area contributed by atoms with Crippen molar-refractivity contribution < 1.29 is 13.9 Å². The van der Waals surface area contributed by atoms with Crippen LogP contribution in [-0.4, -0.2) is 5.97 Å². The lowest BCUT2D eigenvalue weighted by Gasteiger charge is -2.09. The third-order valence-electron chi connectivity index (χ3n) is 4.46. The zero-order valence-corrected chi connectivity index (χ0v) is 17.6. The van der Waals surface area contributed by atoms with Gasteiger partial charge in [-0.1, -0.05) is 39.7 Å². The van der Waals surface area contributed by atoms with Gasteiger partial charge in [0, 0.05) is 15.6 Å². The summed E-state index contributed by atoms with van der Waals surface area (Å²) in [5, 5.41) is 0.998. The molecule has 0 N–H and O–H groups in total. The molecule has 0 saturated carbocycles. The van der Waals surface area contributed by atoms with E-state index in [1.807, 2.05) is 0 Å². The van der Waals surface area contributed by atoms with E-state index in [0.717, 1.165) is 10.0 Å². The summed E-state index contributed by atoms with van der Waals surface area (Å²) < 4.78 is 12.2. The minimum absolute atomic E-state index is 0.156. The first kappa shape index (κ1) is 19.4. The molecule has 0 unspecified atom stereocenters. The number of aryl methyl sites for hydroxylation is 1. The van der Waals surface area contributed by atoms with Crippen molar-refractivity contribution in [3.05, 3.63) is 97.8 Å². The van der Waals surface area contributed by atoms with Gasteiger partial charge in [0.05, 0.1) is 16.5 Å². The topological polar surface area (TPSA) is 56.5 Å². The Morgan fingerprint density at radius 2 is 1.69 bits per heavy atom. The summed E-state index contributed by atoms with van der Waals surface area (Å²) in [5.41, 5.74) is 1.83. The van der Waals surface area contributed by atoms with E-state index in [2.05, 4.69) is 15.9 Å². The number of halogens is 2. The summed E-state index contributed by atoms with van der Waals surface area (Å²) in [6, 6.07) is 18.6. The number of carbonyl (C=O) groups excluding carboxylic acids is 1. The number of hydrogen-bond donors (Lipinski definition) is 0. The molecule has 0 fully saturated rings. The third-order valence-corrected chi connectivity index (χ3v) is 5.24. The Morgan fingerprint density at radius 3 is 2.38 bits per heavy atom. The second-order valence-corrected chi connectivity index (χ2v) is 7.78. The molecule has 29 heavy (non-hydrogen) atoms. The molecule has 6 heteroatoms. The highest BCUT2D eigenvalue weighted by molar-refractivity contribution is 9.10. The SMILES string of the molecule is Cc1oc2cc(OC(=O)c3ccc(Br)cc3)ccc2c(=O)c1-c1ccc(Cl)cc1. The smallest absolute Gasteiger partial charge is 0.343 e. The Hall–Kier alpha value is -2.89. The van der Waals surface area contributed by atoms with Crippen molar-refractivity contribution in [3.63, 3.8) is 0 Å². The highest BCUT2D eigenvalue weighted by Crippen LogP contribution is 2.27. The van der Waals surface area contributed by atoms with Crippen LogP contribution in [0.2, 0.25) is 5.02 Å². The largest absolute Gasteiger partial charge is 0.460 e. The molecule has 0 saturated heterocycles. The first-order valence-corrected chi connectivity index (χ1v) is 9.90. The number of benzene rings is 3. The van der Waals surface area contributed by atoms with Gasteiger partial charge in [-0.15, -0.1) is 0 Å². The fourth-order valence-electron chi connectivity index (χ4n) is 3.05. The minimum atomic E-state index is -0.492. The maximum Gasteiger partial charge on any atom is 0.343 e. The van der Waals surface area contributed by atoms with Gasteiger partial charge in [-0.2, -0.15) is 0 Å². The lowest BCUT2D eigenvalue weighted by atomic mass is 10.0. The predicted octanol–water partition coefficient (Wildman–Crippen LogP) is 6.40. The predicted molar refractivity (Wildman–Crippen MR) is 117 cm³/mol. The van der Waals surface area contributed by atoms with Crippen LogP contribution in [0.25, 0.3) is 22.1 Å². The summed E-state index contributed by atoms with van der Waals surface area (Å²) in [7, 11) is 0. The molecule has 4 aromatic rings. The molecule has 0 bridgehead atoms. The van der Waals surface area contributed by atoms with E-state index in [1.165, 1.54) is 0 Å². The maximum absolute atomic E-state index is 13.0. The van der Waals surface area contributed by atoms with E-state index in [0.29, 0.717) is 38.6 Å². The van der Waals surface area contributed by atoms with Crippen LogP contribution >= 0.6 is 27.5 Å². The minimum Gasteiger partial charge on any atom is -0.460 e.